The summed E-state index contributed by atoms with van der Waals surface area (Å²) in [6.45, 7) is 1.71. The third kappa shape index (κ3) is 4.24. The van der Waals surface area contributed by atoms with Gasteiger partial charge in [-0.2, -0.15) is 9.78 Å². The average molecular weight is 448 g/mol. The lowest BCUT2D eigenvalue weighted by molar-refractivity contribution is 0.0730. The molecule has 0 saturated carbocycles. The summed E-state index contributed by atoms with van der Waals surface area (Å²) < 4.78 is 12.0. The van der Waals surface area contributed by atoms with E-state index in [1.165, 1.54) is 18.0 Å². The first-order valence-corrected chi connectivity index (χ1v) is 10.0. The Kier molecular flexibility index (Phi) is 6.00. The topological polar surface area (TPSA) is 82.8 Å². The molecule has 0 radical (unpaired) electrons. The molecule has 0 amide bonds. The van der Waals surface area contributed by atoms with Crippen molar-refractivity contribution >= 4 is 34.7 Å². The Labute approximate surface area is 188 Å². The average Bonchev–Trinajstić information content (AvgIpc) is 2.80. The molecule has 0 N–H and O–H groups in total. The highest BCUT2D eigenvalue weighted by atomic mass is 35.5. The number of aromatic nitrogens is 2. The van der Waals surface area contributed by atoms with Crippen LogP contribution in [0.15, 0.2) is 76.6 Å². The van der Waals surface area contributed by atoms with Gasteiger partial charge in [-0.1, -0.05) is 35.9 Å². The molecule has 0 unspecified atom stereocenters. The van der Waals surface area contributed by atoms with E-state index in [1.807, 2.05) is 6.07 Å². The van der Waals surface area contributed by atoms with E-state index in [0.717, 1.165) is 0 Å². The van der Waals surface area contributed by atoms with Crippen LogP contribution in [0.5, 0.6) is 11.5 Å². The summed E-state index contributed by atoms with van der Waals surface area (Å²) >= 11 is 6.06. The number of halogens is 1. The second kappa shape index (κ2) is 9.03. The first-order valence-electron chi connectivity index (χ1n) is 9.65. The third-order valence-electron chi connectivity index (χ3n) is 4.72. The summed E-state index contributed by atoms with van der Waals surface area (Å²) in [5.74, 6) is 0.423. The number of carbonyl (C=O) groups is 1. The zero-order valence-corrected chi connectivity index (χ0v) is 18.0. The summed E-state index contributed by atoms with van der Waals surface area (Å²) in [7, 11) is 1.46. The number of hydrogen-bond donors (Lipinski definition) is 0. The number of para-hydroxylation sites is 1. The summed E-state index contributed by atoms with van der Waals surface area (Å²) in [5.41, 5.74) is 1.24. The van der Waals surface area contributed by atoms with Crippen molar-refractivity contribution in [1.82, 2.24) is 9.66 Å². The minimum atomic E-state index is -0.597. The number of hydrogen-bond acceptors (Lipinski definition) is 6. The molecule has 4 rings (SSSR count). The van der Waals surface area contributed by atoms with E-state index < -0.39 is 5.97 Å². The van der Waals surface area contributed by atoms with Crippen LogP contribution in [0.3, 0.4) is 0 Å². The van der Waals surface area contributed by atoms with E-state index >= 15 is 0 Å². The van der Waals surface area contributed by atoms with Crippen molar-refractivity contribution < 1.29 is 14.3 Å². The Morgan fingerprint density at radius 2 is 1.81 bits per heavy atom. The fourth-order valence-corrected chi connectivity index (χ4v) is 3.34. The molecule has 4 aromatic rings. The monoisotopic (exact) mass is 447 g/mol. The van der Waals surface area contributed by atoms with Gasteiger partial charge >= 0.3 is 5.97 Å². The number of nitrogens with zero attached hydrogens (tertiary/aromatic N) is 3. The molecular weight excluding hydrogens is 430 g/mol. The van der Waals surface area contributed by atoms with Crippen LogP contribution in [0, 0.1) is 6.92 Å². The standard InChI is InChI=1S/C24H18ClN3O4/c1-15-27-20-10-6-4-8-18(20)23(29)28(15)26-14-16-11-12-21(22(13-16)31-2)32-24(30)17-7-3-5-9-19(17)25/h3-14H,1-2H3. The molecule has 0 aliphatic carbocycles. The normalized spacial score (nSPS) is 11.1. The highest BCUT2D eigenvalue weighted by molar-refractivity contribution is 6.33. The molecular formula is C24H18ClN3O4. The maximum absolute atomic E-state index is 12.7. The van der Waals surface area contributed by atoms with Crippen LogP contribution in [0.2, 0.25) is 5.02 Å². The largest absolute Gasteiger partial charge is 0.493 e. The molecule has 8 heteroatoms. The van der Waals surface area contributed by atoms with E-state index in [4.69, 9.17) is 21.1 Å². The van der Waals surface area contributed by atoms with Gasteiger partial charge in [-0.15, -0.1) is 0 Å². The van der Waals surface area contributed by atoms with E-state index in [9.17, 15) is 9.59 Å². The van der Waals surface area contributed by atoms with Crippen LogP contribution in [0.25, 0.3) is 10.9 Å². The van der Waals surface area contributed by atoms with Crippen LogP contribution in [-0.2, 0) is 0 Å². The number of benzene rings is 3. The number of esters is 1. The van der Waals surface area contributed by atoms with Gasteiger partial charge in [0.1, 0.15) is 5.82 Å². The Balaban J connectivity index is 1.62. The minimum absolute atomic E-state index is 0.232. The van der Waals surface area contributed by atoms with E-state index in [-0.39, 0.29) is 16.9 Å². The van der Waals surface area contributed by atoms with Gasteiger partial charge in [0.05, 0.1) is 34.8 Å². The molecule has 0 atom stereocenters. The molecule has 0 saturated heterocycles. The van der Waals surface area contributed by atoms with Crippen LogP contribution in [0.1, 0.15) is 21.7 Å². The highest BCUT2D eigenvalue weighted by Gasteiger charge is 2.15. The predicted molar refractivity (Wildman–Crippen MR) is 123 cm³/mol. The fraction of sp³-hybridized carbons (Fsp3) is 0.0833. The van der Waals surface area contributed by atoms with Crippen LogP contribution in [0.4, 0.5) is 0 Å². The summed E-state index contributed by atoms with van der Waals surface area (Å²) in [5, 5.41) is 5.06. The Bertz CT molecular complexity index is 1410. The van der Waals surface area contributed by atoms with Crippen molar-refractivity contribution in [3.05, 3.63) is 99.1 Å². The molecule has 1 heterocycles. The lowest BCUT2D eigenvalue weighted by Crippen LogP contribution is -2.20. The predicted octanol–water partition coefficient (Wildman–Crippen LogP) is 4.47. The molecule has 0 bridgehead atoms. The lowest BCUT2D eigenvalue weighted by Gasteiger charge is -2.10. The van der Waals surface area contributed by atoms with Crippen molar-refractivity contribution in [2.75, 3.05) is 7.11 Å². The molecule has 7 nitrogen and oxygen atoms in total. The van der Waals surface area contributed by atoms with E-state index in [2.05, 4.69) is 10.1 Å². The van der Waals surface area contributed by atoms with Gasteiger partial charge < -0.3 is 9.47 Å². The van der Waals surface area contributed by atoms with E-state index in [1.54, 1.807) is 67.6 Å². The second-order valence-corrected chi connectivity index (χ2v) is 7.22. The maximum atomic E-state index is 12.7. The summed E-state index contributed by atoms with van der Waals surface area (Å²) in [6, 6.07) is 18.6. The first kappa shape index (κ1) is 21.3. The highest BCUT2D eigenvalue weighted by Crippen LogP contribution is 2.29. The van der Waals surface area contributed by atoms with Gasteiger partial charge in [0.15, 0.2) is 11.5 Å². The van der Waals surface area contributed by atoms with Crippen LogP contribution < -0.4 is 15.0 Å². The van der Waals surface area contributed by atoms with Crippen molar-refractivity contribution in [2.45, 2.75) is 6.92 Å². The number of aryl methyl sites for hydroxylation is 1. The molecule has 3 aromatic carbocycles. The summed E-state index contributed by atoms with van der Waals surface area (Å²) in [4.78, 5) is 29.6. The number of carbonyl (C=O) groups excluding carboxylic acids is 1. The Morgan fingerprint density at radius 1 is 1.06 bits per heavy atom. The number of ether oxygens (including phenoxy) is 2. The molecule has 0 fully saturated rings. The smallest absolute Gasteiger partial charge is 0.345 e. The Hall–Kier alpha value is -3.97. The van der Waals surface area contributed by atoms with Gasteiger partial charge in [-0.3, -0.25) is 4.79 Å². The van der Waals surface area contributed by atoms with Gasteiger partial charge in [-0.25, -0.2) is 9.78 Å². The van der Waals surface area contributed by atoms with Gasteiger partial charge in [0.25, 0.3) is 5.56 Å². The number of rotatable bonds is 5. The maximum Gasteiger partial charge on any atom is 0.345 e. The van der Waals surface area contributed by atoms with Gasteiger partial charge in [0, 0.05) is 0 Å². The van der Waals surface area contributed by atoms with Crippen molar-refractivity contribution in [3.63, 3.8) is 0 Å². The fourth-order valence-electron chi connectivity index (χ4n) is 3.13. The van der Waals surface area contributed by atoms with E-state index in [0.29, 0.717) is 33.1 Å². The zero-order valence-electron chi connectivity index (χ0n) is 17.3. The van der Waals surface area contributed by atoms with Crippen molar-refractivity contribution in [2.24, 2.45) is 5.10 Å². The first-order chi connectivity index (χ1) is 15.5. The molecule has 1 aromatic heterocycles. The van der Waals surface area contributed by atoms with Gasteiger partial charge in [0.2, 0.25) is 0 Å². The Morgan fingerprint density at radius 3 is 2.59 bits per heavy atom. The number of methoxy groups -OCH3 is 1. The van der Waals surface area contributed by atoms with Crippen LogP contribution >= 0.6 is 11.6 Å². The molecule has 0 aliphatic rings. The van der Waals surface area contributed by atoms with Crippen molar-refractivity contribution in [1.29, 1.82) is 0 Å². The minimum Gasteiger partial charge on any atom is -0.493 e. The zero-order chi connectivity index (χ0) is 22.7. The summed E-state index contributed by atoms with van der Waals surface area (Å²) in [6.07, 6.45) is 1.51. The third-order valence-corrected chi connectivity index (χ3v) is 5.05. The molecule has 0 spiro atoms. The quantitative estimate of drug-likeness (QED) is 0.256. The van der Waals surface area contributed by atoms with Crippen LogP contribution in [-0.4, -0.2) is 29.0 Å². The van der Waals surface area contributed by atoms with Crippen molar-refractivity contribution in [3.8, 4) is 11.5 Å². The number of fused-ring (bicyclic) bond motifs is 1. The molecule has 0 aliphatic heterocycles. The SMILES string of the molecule is COc1cc(C=Nn2c(C)nc3ccccc3c2=O)ccc1OC(=O)c1ccccc1Cl. The van der Waals surface area contributed by atoms with Gasteiger partial charge in [-0.05, 0) is 55.0 Å². The molecule has 32 heavy (non-hydrogen) atoms. The molecule has 160 valence electrons. The lowest BCUT2D eigenvalue weighted by atomic mass is 10.2. The second-order valence-electron chi connectivity index (χ2n) is 6.82.